The van der Waals surface area contributed by atoms with Gasteiger partial charge in [-0.3, -0.25) is 0 Å². The molecule has 0 spiro atoms. The van der Waals surface area contributed by atoms with Crippen molar-refractivity contribution in [3.63, 3.8) is 0 Å². The topological polar surface area (TPSA) is 51.4 Å². The number of hydrogen-bond donors (Lipinski definition) is 0. The van der Waals surface area contributed by atoms with Crippen LogP contribution in [0.3, 0.4) is 0 Å². The van der Waals surface area contributed by atoms with E-state index in [1.807, 2.05) is 0 Å². The lowest BCUT2D eigenvalue weighted by Crippen LogP contribution is -2.29. The van der Waals surface area contributed by atoms with Crippen molar-refractivity contribution in [3.05, 3.63) is 30.2 Å². The van der Waals surface area contributed by atoms with Gasteiger partial charge in [-0.15, -0.1) is 0 Å². The van der Waals surface area contributed by atoms with E-state index in [1.54, 1.807) is 0 Å². The Morgan fingerprint density at radius 3 is 2.54 bits per heavy atom. The van der Waals surface area contributed by atoms with Crippen LogP contribution in [0.25, 0.3) is 11.4 Å². The lowest BCUT2D eigenvalue weighted by Gasteiger charge is -2.28. The first kappa shape index (κ1) is 14.5. The van der Waals surface area contributed by atoms with Crippen LogP contribution in [-0.2, 0) is 4.74 Å². The van der Waals surface area contributed by atoms with Gasteiger partial charge >= 0.3 is 0 Å². The van der Waals surface area contributed by atoms with Crippen molar-refractivity contribution in [3.8, 4) is 11.4 Å². The molecule has 3 aliphatic rings. The maximum atomic E-state index is 5.90. The van der Waals surface area contributed by atoms with Crippen LogP contribution in [0.15, 0.2) is 28.8 Å². The molecule has 2 aromatic rings. The Morgan fingerprint density at radius 1 is 1.00 bits per heavy atom. The number of piperidine rings is 1. The van der Waals surface area contributed by atoms with E-state index in [0.29, 0.717) is 11.9 Å². The molecular formula is C19H23N3O2. The molecule has 5 rings (SSSR count). The highest BCUT2D eigenvalue weighted by Crippen LogP contribution is 2.44. The van der Waals surface area contributed by atoms with Crippen LogP contribution in [0, 0.1) is 0 Å². The smallest absolute Gasteiger partial charge is 0.232 e. The van der Waals surface area contributed by atoms with E-state index in [-0.39, 0.29) is 12.0 Å². The highest BCUT2D eigenvalue weighted by atomic mass is 16.5. The highest BCUT2D eigenvalue weighted by Gasteiger charge is 2.44. The minimum absolute atomic E-state index is 0.282. The molecule has 0 radical (unpaired) electrons. The first-order valence-electron chi connectivity index (χ1n) is 9.21. The van der Waals surface area contributed by atoms with Gasteiger partial charge in [-0.2, -0.15) is 4.98 Å². The molecular weight excluding hydrogens is 302 g/mol. The lowest BCUT2D eigenvalue weighted by atomic mass is 9.89. The van der Waals surface area contributed by atoms with Gasteiger partial charge in [0, 0.05) is 24.3 Å². The fourth-order valence-electron chi connectivity index (χ4n) is 4.37. The molecule has 24 heavy (non-hydrogen) atoms. The molecule has 0 aliphatic carbocycles. The molecule has 0 saturated carbocycles. The van der Waals surface area contributed by atoms with Gasteiger partial charge in [0.05, 0.1) is 18.1 Å². The lowest BCUT2D eigenvalue weighted by molar-refractivity contribution is 0.0974. The van der Waals surface area contributed by atoms with Crippen LogP contribution >= 0.6 is 0 Å². The van der Waals surface area contributed by atoms with Gasteiger partial charge < -0.3 is 14.2 Å². The van der Waals surface area contributed by atoms with Crippen molar-refractivity contribution >= 4 is 5.69 Å². The zero-order valence-electron chi connectivity index (χ0n) is 13.9. The van der Waals surface area contributed by atoms with Crippen molar-refractivity contribution in [1.29, 1.82) is 0 Å². The van der Waals surface area contributed by atoms with Crippen LogP contribution in [-0.4, -0.2) is 35.4 Å². The summed E-state index contributed by atoms with van der Waals surface area (Å²) in [5.74, 6) is 1.73. The van der Waals surface area contributed by atoms with E-state index in [2.05, 4.69) is 39.3 Å². The number of hydrogen-bond acceptors (Lipinski definition) is 5. The van der Waals surface area contributed by atoms with E-state index in [1.165, 1.54) is 31.4 Å². The predicted molar refractivity (Wildman–Crippen MR) is 91.1 cm³/mol. The molecule has 1 aromatic heterocycles. The quantitative estimate of drug-likeness (QED) is 0.860. The molecule has 126 valence electrons. The number of anilines is 1. The van der Waals surface area contributed by atoms with Crippen LogP contribution in [0.4, 0.5) is 5.69 Å². The largest absolute Gasteiger partial charge is 0.374 e. The summed E-state index contributed by atoms with van der Waals surface area (Å²) in [7, 11) is 0. The minimum Gasteiger partial charge on any atom is -0.374 e. The molecule has 5 nitrogen and oxygen atoms in total. The molecule has 0 N–H and O–H groups in total. The van der Waals surface area contributed by atoms with Crippen LogP contribution in [0.5, 0.6) is 0 Å². The third-order valence-corrected chi connectivity index (χ3v) is 5.71. The second-order valence-corrected chi connectivity index (χ2v) is 7.27. The van der Waals surface area contributed by atoms with Gasteiger partial charge in [-0.25, -0.2) is 0 Å². The summed E-state index contributed by atoms with van der Waals surface area (Å²) < 4.78 is 11.5. The van der Waals surface area contributed by atoms with Gasteiger partial charge in [0.15, 0.2) is 0 Å². The summed E-state index contributed by atoms with van der Waals surface area (Å²) in [5.41, 5.74) is 2.32. The predicted octanol–water partition coefficient (Wildman–Crippen LogP) is 3.76. The van der Waals surface area contributed by atoms with Crippen LogP contribution in [0.2, 0.25) is 0 Å². The van der Waals surface area contributed by atoms with Crippen LogP contribution < -0.4 is 4.90 Å². The second-order valence-electron chi connectivity index (χ2n) is 7.27. The van der Waals surface area contributed by atoms with Gasteiger partial charge in [0.25, 0.3) is 0 Å². The van der Waals surface area contributed by atoms with Crippen molar-refractivity contribution in [2.24, 2.45) is 0 Å². The number of fused-ring (bicyclic) bond motifs is 2. The fourth-order valence-corrected chi connectivity index (χ4v) is 4.37. The molecule has 0 amide bonds. The molecule has 1 aromatic carbocycles. The monoisotopic (exact) mass is 325 g/mol. The first-order valence-corrected chi connectivity index (χ1v) is 9.21. The number of aromatic nitrogens is 2. The standard InChI is InChI=1S/C19H23N3O2/c1-2-10-22(11-3-1)14-6-4-13(5-7-14)18-20-19(24-21-18)16-12-15-8-9-17(16)23-15/h4-7,15-17H,1-3,8-12H2/t15-,16+,17-/m1/s1. The summed E-state index contributed by atoms with van der Waals surface area (Å²) in [6, 6.07) is 8.57. The van der Waals surface area contributed by atoms with Crippen LogP contribution in [0.1, 0.15) is 50.3 Å². The summed E-state index contributed by atoms with van der Waals surface area (Å²) in [5, 5.41) is 4.20. The molecule has 0 unspecified atom stereocenters. The SMILES string of the molecule is c1cc(N2CCCCC2)ccc1-c1noc([C@H]2C[C@H]3CC[C@H]2O3)n1. The van der Waals surface area contributed by atoms with Gasteiger partial charge in [0.1, 0.15) is 0 Å². The summed E-state index contributed by atoms with van der Waals surface area (Å²) in [4.78, 5) is 7.11. The summed E-state index contributed by atoms with van der Waals surface area (Å²) in [6.45, 7) is 2.33. The Morgan fingerprint density at radius 2 is 1.83 bits per heavy atom. The van der Waals surface area contributed by atoms with Crippen molar-refractivity contribution in [2.45, 2.75) is 56.7 Å². The first-order chi connectivity index (χ1) is 11.9. The third kappa shape index (κ3) is 2.51. The number of rotatable bonds is 3. The zero-order valence-corrected chi connectivity index (χ0v) is 13.9. The Balaban J connectivity index is 1.33. The van der Waals surface area contributed by atoms with Gasteiger partial charge in [0.2, 0.25) is 11.7 Å². The maximum absolute atomic E-state index is 5.90. The minimum atomic E-state index is 0.282. The molecule has 3 saturated heterocycles. The summed E-state index contributed by atoms with van der Waals surface area (Å²) >= 11 is 0. The summed E-state index contributed by atoms with van der Waals surface area (Å²) in [6.07, 6.45) is 7.96. The van der Waals surface area contributed by atoms with Gasteiger partial charge in [-0.1, -0.05) is 5.16 Å². The third-order valence-electron chi connectivity index (χ3n) is 5.71. The molecule has 3 fully saturated rings. The Bertz CT molecular complexity index is 706. The van der Waals surface area contributed by atoms with E-state index in [4.69, 9.17) is 9.26 Å². The van der Waals surface area contributed by atoms with Gasteiger partial charge in [-0.05, 0) is 62.8 Å². The average molecular weight is 325 g/mol. The average Bonchev–Trinajstić information content (AvgIpc) is 3.39. The highest BCUT2D eigenvalue weighted by molar-refractivity contribution is 5.60. The number of nitrogens with zero attached hydrogens (tertiary/aromatic N) is 3. The number of ether oxygens (including phenoxy) is 1. The molecule has 2 bridgehead atoms. The number of benzene rings is 1. The fraction of sp³-hybridized carbons (Fsp3) is 0.579. The maximum Gasteiger partial charge on any atom is 0.232 e. The Hall–Kier alpha value is -1.88. The van der Waals surface area contributed by atoms with Crippen molar-refractivity contribution in [1.82, 2.24) is 10.1 Å². The second kappa shape index (κ2) is 5.88. The molecule has 4 heterocycles. The van der Waals surface area contributed by atoms with E-state index < -0.39 is 0 Å². The van der Waals surface area contributed by atoms with E-state index >= 15 is 0 Å². The van der Waals surface area contributed by atoms with Crippen molar-refractivity contribution < 1.29 is 9.26 Å². The molecule has 5 heteroatoms. The van der Waals surface area contributed by atoms with E-state index in [9.17, 15) is 0 Å². The molecule has 3 atom stereocenters. The normalized spacial score (nSPS) is 29.3. The van der Waals surface area contributed by atoms with E-state index in [0.717, 1.165) is 37.4 Å². The molecule has 3 aliphatic heterocycles. The Kier molecular flexibility index (Phi) is 3.55. The Labute approximate surface area is 142 Å². The zero-order chi connectivity index (χ0) is 15.9. The van der Waals surface area contributed by atoms with Crippen molar-refractivity contribution in [2.75, 3.05) is 18.0 Å².